The number of pyridine rings is 1. The van der Waals surface area contributed by atoms with E-state index in [9.17, 15) is 8.78 Å². The summed E-state index contributed by atoms with van der Waals surface area (Å²) in [7, 11) is 0. The molecule has 0 aliphatic rings. The van der Waals surface area contributed by atoms with Crippen LogP contribution in [0.5, 0.6) is 0 Å². The minimum atomic E-state index is -0.971. The summed E-state index contributed by atoms with van der Waals surface area (Å²) < 4.78 is 27.5. The van der Waals surface area contributed by atoms with Gasteiger partial charge in [-0.15, -0.1) is 0 Å². The van der Waals surface area contributed by atoms with E-state index in [4.69, 9.17) is 5.84 Å². The zero-order valence-electron chi connectivity index (χ0n) is 11.3. The van der Waals surface area contributed by atoms with Gasteiger partial charge in [-0.3, -0.25) is 5.84 Å². The molecule has 0 aliphatic carbocycles. The van der Waals surface area contributed by atoms with E-state index < -0.39 is 11.6 Å². The predicted octanol–water partition coefficient (Wildman–Crippen LogP) is 3.77. The van der Waals surface area contributed by atoms with Crippen LogP contribution in [0, 0.1) is 18.6 Å². The SMILES string of the molecule is Cc1c(-c2ccccc2)nc2c(F)c(F)ccc2c1NN. The van der Waals surface area contributed by atoms with Crippen molar-refractivity contribution in [2.45, 2.75) is 6.92 Å². The van der Waals surface area contributed by atoms with Gasteiger partial charge < -0.3 is 5.43 Å². The van der Waals surface area contributed by atoms with Gasteiger partial charge in [0.25, 0.3) is 0 Å². The van der Waals surface area contributed by atoms with Crippen LogP contribution in [0.3, 0.4) is 0 Å². The second-order valence-electron chi connectivity index (χ2n) is 4.73. The van der Waals surface area contributed by atoms with Crippen molar-refractivity contribution in [2.24, 2.45) is 5.84 Å². The summed E-state index contributed by atoms with van der Waals surface area (Å²) in [5.41, 5.74) is 5.24. The molecule has 21 heavy (non-hydrogen) atoms. The summed E-state index contributed by atoms with van der Waals surface area (Å²) in [6, 6.07) is 11.9. The Kier molecular flexibility index (Phi) is 3.27. The molecule has 3 nitrogen and oxygen atoms in total. The Labute approximate surface area is 120 Å². The Hall–Kier alpha value is -2.53. The molecular formula is C16H13F2N3. The molecule has 2 aromatic carbocycles. The average molecular weight is 285 g/mol. The average Bonchev–Trinajstić information content (AvgIpc) is 2.51. The number of halogens is 2. The minimum Gasteiger partial charge on any atom is -0.323 e. The molecule has 0 aliphatic heterocycles. The van der Waals surface area contributed by atoms with Crippen molar-refractivity contribution in [3.8, 4) is 11.3 Å². The number of nitrogens with one attached hydrogen (secondary N) is 1. The highest BCUT2D eigenvalue weighted by Gasteiger charge is 2.17. The fourth-order valence-corrected chi connectivity index (χ4v) is 2.43. The first-order valence-electron chi connectivity index (χ1n) is 6.44. The van der Waals surface area contributed by atoms with Crippen molar-refractivity contribution in [3.63, 3.8) is 0 Å². The van der Waals surface area contributed by atoms with Crippen molar-refractivity contribution in [1.29, 1.82) is 0 Å². The Morgan fingerprint density at radius 2 is 1.76 bits per heavy atom. The molecule has 3 N–H and O–H groups in total. The number of nitrogen functional groups attached to an aromatic ring is 1. The van der Waals surface area contributed by atoms with Gasteiger partial charge in [-0.25, -0.2) is 13.8 Å². The lowest BCUT2D eigenvalue weighted by molar-refractivity contribution is 0.515. The number of fused-ring (bicyclic) bond motifs is 1. The molecule has 0 bridgehead atoms. The molecule has 5 heteroatoms. The van der Waals surface area contributed by atoms with Crippen molar-refractivity contribution < 1.29 is 8.78 Å². The highest BCUT2D eigenvalue weighted by molar-refractivity contribution is 5.96. The van der Waals surface area contributed by atoms with E-state index in [-0.39, 0.29) is 5.52 Å². The first kappa shape index (κ1) is 13.5. The number of rotatable bonds is 2. The van der Waals surface area contributed by atoms with Crippen LogP contribution < -0.4 is 11.3 Å². The molecule has 106 valence electrons. The molecule has 0 saturated carbocycles. The topological polar surface area (TPSA) is 50.9 Å². The van der Waals surface area contributed by atoms with E-state index >= 15 is 0 Å². The van der Waals surface area contributed by atoms with Crippen molar-refractivity contribution >= 4 is 16.6 Å². The van der Waals surface area contributed by atoms with Crippen molar-refractivity contribution in [3.05, 3.63) is 59.7 Å². The summed E-state index contributed by atoms with van der Waals surface area (Å²) in [4.78, 5) is 4.30. The van der Waals surface area contributed by atoms with E-state index in [1.807, 2.05) is 37.3 Å². The van der Waals surface area contributed by atoms with Crippen LogP contribution in [0.1, 0.15) is 5.56 Å². The number of nitrogens with zero attached hydrogens (tertiary/aromatic N) is 1. The maximum atomic E-state index is 14.0. The second kappa shape index (κ2) is 5.10. The largest absolute Gasteiger partial charge is 0.323 e. The van der Waals surface area contributed by atoms with Gasteiger partial charge in [0.1, 0.15) is 5.52 Å². The number of benzene rings is 2. The third-order valence-electron chi connectivity index (χ3n) is 3.48. The van der Waals surface area contributed by atoms with Gasteiger partial charge in [0.05, 0.1) is 11.4 Å². The minimum absolute atomic E-state index is 0.0348. The molecule has 1 aromatic heterocycles. The zero-order valence-corrected chi connectivity index (χ0v) is 11.3. The summed E-state index contributed by atoms with van der Waals surface area (Å²) >= 11 is 0. The molecule has 3 aromatic rings. The molecule has 0 amide bonds. The van der Waals surface area contributed by atoms with E-state index in [0.717, 1.165) is 17.2 Å². The molecule has 0 atom stereocenters. The van der Waals surface area contributed by atoms with Crippen molar-refractivity contribution in [2.75, 3.05) is 5.43 Å². The van der Waals surface area contributed by atoms with E-state index in [1.54, 1.807) is 0 Å². The van der Waals surface area contributed by atoms with Crippen LogP contribution in [0.15, 0.2) is 42.5 Å². The summed E-state index contributed by atoms with van der Waals surface area (Å²) in [5.74, 6) is 3.66. The first-order valence-corrected chi connectivity index (χ1v) is 6.44. The summed E-state index contributed by atoms with van der Waals surface area (Å²) in [5, 5.41) is 0.452. The number of nitrogens with two attached hydrogens (primary N) is 1. The van der Waals surface area contributed by atoms with Gasteiger partial charge in [0, 0.05) is 16.5 Å². The summed E-state index contributed by atoms with van der Waals surface area (Å²) in [6.07, 6.45) is 0. The molecule has 0 radical (unpaired) electrons. The molecule has 0 fully saturated rings. The second-order valence-corrected chi connectivity index (χ2v) is 4.73. The van der Waals surface area contributed by atoms with Crippen LogP contribution in [-0.4, -0.2) is 4.98 Å². The molecule has 3 rings (SSSR count). The normalized spacial score (nSPS) is 10.9. The van der Waals surface area contributed by atoms with Crippen LogP contribution in [0.4, 0.5) is 14.5 Å². The van der Waals surface area contributed by atoms with Gasteiger partial charge in [-0.2, -0.15) is 0 Å². The van der Waals surface area contributed by atoms with Crippen LogP contribution in [0.2, 0.25) is 0 Å². The van der Waals surface area contributed by atoms with Gasteiger partial charge in [0.15, 0.2) is 11.6 Å². The zero-order chi connectivity index (χ0) is 15.0. The lowest BCUT2D eigenvalue weighted by atomic mass is 10.0. The van der Waals surface area contributed by atoms with Crippen molar-refractivity contribution in [1.82, 2.24) is 4.98 Å². The van der Waals surface area contributed by atoms with E-state index in [0.29, 0.717) is 16.8 Å². The number of hydrogen-bond acceptors (Lipinski definition) is 3. The quantitative estimate of drug-likeness (QED) is 0.556. The maximum absolute atomic E-state index is 14.0. The van der Waals surface area contributed by atoms with Gasteiger partial charge >= 0.3 is 0 Å². The first-order chi connectivity index (χ1) is 10.1. The molecule has 1 heterocycles. The monoisotopic (exact) mass is 285 g/mol. The highest BCUT2D eigenvalue weighted by atomic mass is 19.2. The van der Waals surface area contributed by atoms with Gasteiger partial charge in [0.2, 0.25) is 0 Å². The number of aromatic nitrogens is 1. The van der Waals surface area contributed by atoms with E-state index in [1.165, 1.54) is 6.07 Å². The van der Waals surface area contributed by atoms with Crippen LogP contribution in [-0.2, 0) is 0 Å². The van der Waals surface area contributed by atoms with Gasteiger partial charge in [-0.1, -0.05) is 30.3 Å². The predicted molar refractivity (Wildman–Crippen MR) is 79.6 cm³/mol. The number of hydrogen-bond donors (Lipinski definition) is 2. The molecule has 0 saturated heterocycles. The maximum Gasteiger partial charge on any atom is 0.185 e. The van der Waals surface area contributed by atoms with Gasteiger partial charge in [-0.05, 0) is 19.1 Å². The Morgan fingerprint density at radius 3 is 2.43 bits per heavy atom. The molecule has 0 unspecified atom stereocenters. The molecule has 0 spiro atoms. The third kappa shape index (κ3) is 2.11. The lowest BCUT2D eigenvalue weighted by Crippen LogP contribution is -2.11. The standard InChI is InChI=1S/C16H13F2N3/c1-9-14(10-5-3-2-4-6-10)20-16-11(15(9)21-19)7-8-12(17)13(16)18/h2-8H,19H2,1H3,(H,20,21). The fourth-order valence-electron chi connectivity index (χ4n) is 2.43. The number of hydrazine groups is 1. The fraction of sp³-hybridized carbons (Fsp3) is 0.0625. The smallest absolute Gasteiger partial charge is 0.185 e. The van der Waals surface area contributed by atoms with Crippen LogP contribution >= 0.6 is 0 Å². The third-order valence-corrected chi connectivity index (χ3v) is 3.48. The lowest BCUT2D eigenvalue weighted by Gasteiger charge is -2.14. The Morgan fingerprint density at radius 1 is 1.05 bits per heavy atom. The van der Waals surface area contributed by atoms with E-state index in [2.05, 4.69) is 10.4 Å². The highest BCUT2D eigenvalue weighted by Crippen LogP contribution is 2.34. The molecular weight excluding hydrogens is 272 g/mol. The number of anilines is 1. The Bertz CT molecular complexity index is 817. The summed E-state index contributed by atoms with van der Waals surface area (Å²) in [6.45, 7) is 1.84. The Balaban J connectivity index is 2.42. The van der Waals surface area contributed by atoms with Crippen LogP contribution in [0.25, 0.3) is 22.2 Å².